The van der Waals surface area contributed by atoms with Crippen LogP contribution in [0, 0.1) is 3.57 Å². The quantitative estimate of drug-likeness (QED) is 0.788. The normalized spacial score (nSPS) is 12.9. The summed E-state index contributed by atoms with van der Waals surface area (Å²) in [5, 5.41) is 9.29. The third kappa shape index (κ3) is 2.70. The summed E-state index contributed by atoms with van der Waals surface area (Å²) in [6, 6.07) is 3.11. The van der Waals surface area contributed by atoms with E-state index in [-0.39, 0.29) is 5.75 Å². The predicted molar refractivity (Wildman–Crippen MR) is 57.6 cm³/mol. The minimum absolute atomic E-state index is 0.259. The van der Waals surface area contributed by atoms with Crippen molar-refractivity contribution in [2.45, 2.75) is 13.1 Å². The Morgan fingerprint density at radius 3 is 2.43 bits per heavy atom. The Kier molecular flexibility index (Phi) is 3.52. The largest absolute Gasteiger partial charge is 0.507 e. The van der Waals surface area contributed by atoms with Crippen LogP contribution in [0.5, 0.6) is 5.75 Å². The molecule has 1 aromatic rings. The summed E-state index contributed by atoms with van der Waals surface area (Å²) in [4.78, 5) is 0. The molecule has 1 N–H and O–H groups in total. The fraction of sp³-hybridized carbons (Fsp3) is 0.222. The molecule has 0 spiro atoms. The molecule has 0 amide bonds. The second-order valence-electron chi connectivity index (χ2n) is 2.49. The van der Waals surface area contributed by atoms with Gasteiger partial charge in [0, 0.05) is 3.57 Å². The number of phenolic OH excluding ortho intramolecular Hbond substituents is 1. The van der Waals surface area contributed by atoms with Crippen molar-refractivity contribution in [1.29, 1.82) is 0 Å². The lowest BCUT2D eigenvalue weighted by Crippen LogP contribution is -2.04. The van der Waals surface area contributed by atoms with Crippen molar-refractivity contribution in [2.75, 3.05) is 0 Å². The summed E-state index contributed by atoms with van der Waals surface area (Å²) in [5.74, 6) is -0.259. The van der Waals surface area contributed by atoms with Crippen LogP contribution in [-0.4, -0.2) is 9.12 Å². The van der Waals surface area contributed by atoms with Gasteiger partial charge in [-0.2, -0.15) is 13.2 Å². The Labute approximate surface area is 89.3 Å². The number of hydrogen-bond acceptors (Lipinski definition) is 1. The third-order valence-electron chi connectivity index (χ3n) is 1.50. The van der Waals surface area contributed by atoms with Crippen molar-refractivity contribution in [1.82, 2.24) is 0 Å². The molecule has 1 rings (SSSR count). The van der Waals surface area contributed by atoms with E-state index in [1.165, 1.54) is 6.07 Å². The van der Waals surface area contributed by atoms with E-state index in [2.05, 4.69) is 0 Å². The van der Waals surface area contributed by atoms with Gasteiger partial charge in [-0.1, -0.05) is 24.7 Å². The number of alkyl halides is 3. The van der Waals surface area contributed by atoms with Crippen LogP contribution in [-0.2, 0) is 6.18 Å². The average Bonchev–Trinajstić information content (AvgIpc) is 2.07. The van der Waals surface area contributed by atoms with E-state index in [4.69, 9.17) is 0 Å². The molecule has 0 unspecified atom stereocenters. The zero-order valence-corrected chi connectivity index (χ0v) is 9.43. The summed E-state index contributed by atoms with van der Waals surface area (Å²) in [5.41, 5.74) is -0.807. The fourth-order valence-corrected chi connectivity index (χ4v) is 2.43. The maximum Gasteiger partial charge on any atom is 0.416 e. The first kappa shape index (κ1) is 11.5. The summed E-state index contributed by atoms with van der Waals surface area (Å²) < 4.78 is 39.0. The molecule has 0 radical (unpaired) electrons. The van der Waals surface area contributed by atoms with Gasteiger partial charge in [-0.15, -0.1) is 0 Å². The van der Waals surface area contributed by atoms with Crippen LogP contribution >= 0.6 is 20.7 Å². The van der Waals surface area contributed by atoms with E-state index in [1.807, 2.05) is 10.9 Å². The van der Waals surface area contributed by atoms with Crippen molar-refractivity contribution in [3.8, 4) is 5.75 Å². The lowest BCUT2D eigenvalue weighted by atomic mass is 10.2. The average molecular weight is 316 g/mol. The third-order valence-corrected chi connectivity index (χ3v) is 3.71. The highest BCUT2D eigenvalue weighted by atomic mass is 127. The molecule has 1 nitrogen and oxygen atoms in total. The van der Waals surface area contributed by atoms with Crippen molar-refractivity contribution < 1.29 is 18.3 Å². The van der Waals surface area contributed by atoms with Crippen LogP contribution in [0.4, 0.5) is 13.2 Å². The summed E-state index contributed by atoms with van der Waals surface area (Å²) in [6.45, 7) is 1.82. The number of aromatic hydroxyl groups is 1. The summed E-state index contributed by atoms with van der Waals surface area (Å²) in [6.07, 6.45) is -4.38. The van der Waals surface area contributed by atoms with E-state index in [9.17, 15) is 18.3 Å². The molecule has 5 heteroatoms. The number of phenols is 1. The van der Waals surface area contributed by atoms with Gasteiger partial charge in [-0.25, -0.2) is 0 Å². The van der Waals surface area contributed by atoms with Gasteiger partial charge in [-0.05, 0) is 25.1 Å². The summed E-state index contributed by atoms with van der Waals surface area (Å²) >= 11 is -0.484. The number of benzene rings is 1. The van der Waals surface area contributed by atoms with Crippen LogP contribution in [0.1, 0.15) is 12.5 Å². The lowest BCUT2D eigenvalue weighted by Gasteiger charge is -2.07. The Morgan fingerprint density at radius 2 is 2.00 bits per heavy atom. The van der Waals surface area contributed by atoms with E-state index < -0.39 is 32.5 Å². The van der Waals surface area contributed by atoms with Crippen LogP contribution in [0.25, 0.3) is 0 Å². The van der Waals surface area contributed by atoms with Gasteiger partial charge in [0.2, 0.25) is 0 Å². The first-order valence-corrected chi connectivity index (χ1v) is 6.09. The molecule has 0 aliphatic rings. The molecular weight excluding hydrogens is 308 g/mol. The molecule has 1 aromatic carbocycles. The number of hydrogen-bond donors (Lipinski definition) is 1. The lowest BCUT2D eigenvalue weighted by molar-refractivity contribution is -0.137. The van der Waals surface area contributed by atoms with Gasteiger partial charge in [-0.3, -0.25) is 0 Å². The molecule has 14 heavy (non-hydrogen) atoms. The molecule has 78 valence electrons. The number of halogens is 4. The van der Waals surface area contributed by atoms with E-state index in [0.717, 1.165) is 12.1 Å². The number of rotatable bonds is 1. The molecule has 0 aromatic heterocycles. The van der Waals surface area contributed by atoms with E-state index in [1.54, 1.807) is 0 Å². The SMILES string of the molecule is CC=Ic1ccc(C(F)(F)F)cc1O. The molecule has 0 aliphatic carbocycles. The molecule has 0 fully saturated rings. The second kappa shape index (κ2) is 4.29. The molecule has 0 saturated carbocycles. The predicted octanol–water partition coefficient (Wildman–Crippen LogP) is 3.37. The molecule has 0 saturated heterocycles. The maximum absolute atomic E-state index is 12.2. The minimum atomic E-state index is -4.38. The van der Waals surface area contributed by atoms with Crippen molar-refractivity contribution in [3.05, 3.63) is 27.3 Å². The highest BCUT2D eigenvalue weighted by Gasteiger charge is 2.30. The fourth-order valence-electron chi connectivity index (χ4n) is 0.899. The second-order valence-corrected chi connectivity index (χ2v) is 5.52. The molecular formula is C9H8F3IO. The van der Waals surface area contributed by atoms with Gasteiger partial charge >= 0.3 is 6.18 Å². The zero-order valence-electron chi connectivity index (χ0n) is 7.27. The standard InChI is InChI=1S/C9H8F3IO/c1-2-13-7-4-3-6(5-8(7)14)9(10,11)12/h2-5,14H,1H3. The van der Waals surface area contributed by atoms with Crippen LogP contribution in [0.3, 0.4) is 0 Å². The van der Waals surface area contributed by atoms with Gasteiger partial charge in [0.15, 0.2) is 0 Å². The highest BCUT2D eigenvalue weighted by Crippen LogP contribution is 2.33. The van der Waals surface area contributed by atoms with Crippen molar-refractivity contribution in [3.63, 3.8) is 0 Å². The first-order valence-electron chi connectivity index (χ1n) is 3.76. The Balaban J connectivity index is 3.13. The van der Waals surface area contributed by atoms with Gasteiger partial charge < -0.3 is 5.11 Å². The van der Waals surface area contributed by atoms with Crippen molar-refractivity contribution >= 4 is 24.7 Å². The summed E-state index contributed by atoms with van der Waals surface area (Å²) in [7, 11) is 0. The molecule has 0 bridgehead atoms. The van der Waals surface area contributed by atoms with Gasteiger partial charge in [0.25, 0.3) is 0 Å². The van der Waals surface area contributed by atoms with Crippen LogP contribution < -0.4 is 0 Å². The molecule has 0 aliphatic heterocycles. The van der Waals surface area contributed by atoms with E-state index in [0.29, 0.717) is 3.57 Å². The Morgan fingerprint density at radius 1 is 1.36 bits per heavy atom. The highest BCUT2D eigenvalue weighted by molar-refractivity contribution is 14.2. The van der Waals surface area contributed by atoms with Gasteiger partial charge in [0.05, 0.1) is 5.56 Å². The van der Waals surface area contributed by atoms with Gasteiger partial charge in [0.1, 0.15) is 5.75 Å². The Hall–Kier alpha value is -0.590. The molecule has 0 atom stereocenters. The van der Waals surface area contributed by atoms with Crippen molar-refractivity contribution in [2.24, 2.45) is 0 Å². The van der Waals surface area contributed by atoms with Crippen LogP contribution in [0.2, 0.25) is 0 Å². The topological polar surface area (TPSA) is 20.2 Å². The Bertz CT molecular complexity index is 358. The maximum atomic E-state index is 12.2. The van der Waals surface area contributed by atoms with E-state index >= 15 is 0 Å². The van der Waals surface area contributed by atoms with Crippen LogP contribution in [0.15, 0.2) is 18.2 Å². The monoisotopic (exact) mass is 316 g/mol. The molecule has 0 heterocycles. The zero-order chi connectivity index (χ0) is 10.8. The first-order chi connectivity index (χ1) is 6.45. The minimum Gasteiger partial charge on any atom is -0.507 e. The smallest absolute Gasteiger partial charge is 0.416 e.